The van der Waals surface area contributed by atoms with E-state index in [1.54, 1.807) is 6.07 Å². The van der Waals surface area contributed by atoms with Crippen molar-refractivity contribution in [1.82, 2.24) is 4.98 Å². The van der Waals surface area contributed by atoms with Crippen LogP contribution in [0.15, 0.2) is 18.3 Å². The van der Waals surface area contributed by atoms with Gasteiger partial charge in [0, 0.05) is 0 Å². The summed E-state index contributed by atoms with van der Waals surface area (Å²) in [7, 11) is 0. The van der Waals surface area contributed by atoms with Crippen LogP contribution in [0, 0.1) is 5.82 Å². The van der Waals surface area contributed by atoms with Gasteiger partial charge in [0.25, 0.3) is 0 Å². The molecule has 1 aromatic rings. The number of pyridine rings is 1. The van der Waals surface area contributed by atoms with Crippen LogP contribution in [0.2, 0.25) is 0 Å². The van der Waals surface area contributed by atoms with Gasteiger partial charge in [-0.15, -0.1) is 12.4 Å². The first kappa shape index (κ1) is 9.42. The normalized spacial score (nSPS) is 18.2. The van der Waals surface area contributed by atoms with Gasteiger partial charge in [-0.05, 0) is 25.0 Å². The second-order valence-electron chi connectivity index (χ2n) is 3.02. The number of rotatable bonds is 1. The average molecular weight is 189 g/mol. The van der Waals surface area contributed by atoms with Crippen molar-refractivity contribution in [1.29, 1.82) is 0 Å². The molecule has 0 unspecified atom stereocenters. The van der Waals surface area contributed by atoms with Crippen LogP contribution in [0.3, 0.4) is 0 Å². The van der Waals surface area contributed by atoms with E-state index in [2.05, 4.69) is 4.98 Å². The fourth-order valence-corrected chi connectivity index (χ4v) is 1.06. The van der Waals surface area contributed by atoms with Crippen molar-refractivity contribution < 1.29 is 4.39 Å². The lowest BCUT2D eigenvalue weighted by atomic mass is 10.2. The van der Waals surface area contributed by atoms with Gasteiger partial charge in [-0.3, -0.25) is 4.98 Å². The SMILES string of the molecule is Cl.NC1(c2ccc(F)cn2)CC1. The highest BCUT2D eigenvalue weighted by atomic mass is 35.5. The zero-order valence-corrected chi connectivity index (χ0v) is 7.27. The Bertz CT molecular complexity index is 269. The molecule has 1 saturated carbocycles. The van der Waals surface area contributed by atoms with Gasteiger partial charge in [0.2, 0.25) is 0 Å². The molecule has 0 bridgehead atoms. The van der Waals surface area contributed by atoms with Crippen molar-refractivity contribution in [3.63, 3.8) is 0 Å². The Morgan fingerprint density at radius 1 is 1.42 bits per heavy atom. The molecule has 66 valence electrons. The molecule has 1 heterocycles. The lowest BCUT2D eigenvalue weighted by molar-refractivity contribution is 0.611. The van der Waals surface area contributed by atoms with E-state index in [4.69, 9.17) is 5.73 Å². The molecule has 2 N–H and O–H groups in total. The Hall–Kier alpha value is -0.670. The van der Waals surface area contributed by atoms with E-state index in [0.717, 1.165) is 18.5 Å². The minimum Gasteiger partial charge on any atom is -0.320 e. The molecule has 4 heteroatoms. The van der Waals surface area contributed by atoms with Gasteiger partial charge in [0.15, 0.2) is 0 Å². The maximum Gasteiger partial charge on any atom is 0.141 e. The van der Waals surface area contributed by atoms with Gasteiger partial charge in [-0.1, -0.05) is 0 Å². The smallest absolute Gasteiger partial charge is 0.141 e. The molecule has 0 amide bonds. The lowest BCUT2D eigenvalue weighted by Crippen LogP contribution is -2.20. The van der Waals surface area contributed by atoms with Crippen LogP contribution in [-0.2, 0) is 5.54 Å². The summed E-state index contributed by atoms with van der Waals surface area (Å²) in [5.74, 6) is -0.307. The predicted octanol–water partition coefficient (Wildman–Crippen LogP) is 1.59. The van der Waals surface area contributed by atoms with Crippen LogP contribution in [0.25, 0.3) is 0 Å². The first-order valence-corrected chi connectivity index (χ1v) is 3.62. The highest BCUT2D eigenvalue weighted by molar-refractivity contribution is 5.85. The van der Waals surface area contributed by atoms with Crippen LogP contribution < -0.4 is 5.73 Å². The quantitative estimate of drug-likeness (QED) is 0.727. The number of hydrogen-bond donors (Lipinski definition) is 1. The van der Waals surface area contributed by atoms with Crippen LogP contribution in [0.1, 0.15) is 18.5 Å². The van der Waals surface area contributed by atoms with E-state index in [9.17, 15) is 4.39 Å². The van der Waals surface area contributed by atoms with E-state index < -0.39 is 0 Å². The molecule has 1 aromatic heterocycles. The lowest BCUT2D eigenvalue weighted by Gasteiger charge is -2.05. The third-order valence-electron chi connectivity index (χ3n) is 2.03. The number of halogens is 2. The summed E-state index contributed by atoms with van der Waals surface area (Å²) in [5, 5.41) is 0. The predicted molar refractivity (Wildman–Crippen MR) is 46.5 cm³/mol. The summed E-state index contributed by atoms with van der Waals surface area (Å²) < 4.78 is 12.4. The minimum atomic E-state index is -0.307. The maximum absolute atomic E-state index is 12.4. The summed E-state index contributed by atoms with van der Waals surface area (Å²) in [6.45, 7) is 0. The zero-order valence-electron chi connectivity index (χ0n) is 6.46. The summed E-state index contributed by atoms with van der Waals surface area (Å²) in [6, 6.07) is 3.05. The molecule has 2 rings (SSSR count). The van der Waals surface area contributed by atoms with Crippen molar-refractivity contribution in [2.24, 2.45) is 5.73 Å². The Balaban J connectivity index is 0.000000720. The van der Waals surface area contributed by atoms with Gasteiger partial charge in [0.05, 0.1) is 17.4 Å². The monoisotopic (exact) mass is 188 g/mol. The molecule has 1 aliphatic carbocycles. The average Bonchev–Trinajstić information content (AvgIpc) is 2.70. The van der Waals surface area contributed by atoms with Gasteiger partial charge in [-0.25, -0.2) is 4.39 Å². The summed E-state index contributed by atoms with van der Waals surface area (Å²) in [4.78, 5) is 3.91. The Kier molecular flexibility index (Phi) is 2.35. The van der Waals surface area contributed by atoms with E-state index >= 15 is 0 Å². The molecule has 1 aliphatic rings. The van der Waals surface area contributed by atoms with Crippen LogP contribution in [0.4, 0.5) is 4.39 Å². The van der Waals surface area contributed by atoms with Crippen molar-refractivity contribution >= 4 is 12.4 Å². The van der Waals surface area contributed by atoms with E-state index in [-0.39, 0.29) is 23.8 Å². The molecular formula is C8H10ClFN2. The third kappa shape index (κ3) is 1.57. The molecule has 2 nitrogen and oxygen atoms in total. The molecule has 12 heavy (non-hydrogen) atoms. The largest absolute Gasteiger partial charge is 0.320 e. The Morgan fingerprint density at radius 2 is 2.08 bits per heavy atom. The first-order valence-electron chi connectivity index (χ1n) is 3.62. The number of nitrogens with two attached hydrogens (primary N) is 1. The van der Waals surface area contributed by atoms with Gasteiger partial charge < -0.3 is 5.73 Å². The summed E-state index contributed by atoms with van der Waals surface area (Å²) >= 11 is 0. The first-order chi connectivity index (χ1) is 5.21. The van der Waals surface area contributed by atoms with Crippen molar-refractivity contribution in [2.45, 2.75) is 18.4 Å². The van der Waals surface area contributed by atoms with E-state index in [1.807, 2.05) is 0 Å². The van der Waals surface area contributed by atoms with Crippen molar-refractivity contribution in [3.05, 3.63) is 29.8 Å². The number of nitrogens with zero attached hydrogens (tertiary/aromatic N) is 1. The van der Waals surface area contributed by atoms with E-state index in [1.165, 1.54) is 12.3 Å². The fraction of sp³-hybridized carbons (Fsp3) is 0.375. The van der Waals surface area contributed by atoms with Crippen LogP contribution in [-0.4, -0.2) is 4.98 Å². The molecule has 1 fully saturated rings. The highest BCUT2D eigenvalue weighted by Crippen LogP contribution is 2.41. The fourth-order valence-electron chi connectivity index (χ4n) is 1.06. The third-order valence-corrected chi connectivity index (χ3v) is 2.03. The molecule has 0 atom stereocenters. The molecule has 0 radical (unpaired) electrons. The number of aromatic nitrogens is 1. The second kappa shape index (κ2) is 2.99. The second-order valence-corrected chi connectivity index (χ2v) is 3.02. The van der Waals surface area contributed by atoms with Crippen molar-refractivity contribution in [2.75, 3.05) is 0 Å². The molecular weight excluding hydrogens is 179 g/mol. The van der Waals surface area contributed by atoms with E-state index in [0.29, 0.717) is 0 Å². The summed E-state index contributed by atoms with van der Waals surface area (Å²) in [6.07, 6.45) is 3.14. The minimum absolute atomic E-state index is 0. The molecule has 0 saturated heterocycles. The van der Waals surface area contributed by atoms with Gasteiger partial charge >= 0.3 is 0 Å². The van der Waals surface area contributed by atoms with Crippen molar-refractivity contribution in [3.8, 4) is 0 Å². The molecule has 0 aromatic carbocycles. The van der Waals surface area contributed by atoms with Gasteiger partial charge in [0.1, 0.15) is 5.82 Å². The van der Waals surface area contributed by atoms with Crippen LogP contribution in [0.5, 0.6) is 0 Å². The summed E-state index contributed by atoms with van der Waals surface area (Å²) in [5.41, 5.74) is 6.40. The zero-order chi connectivity index (χ0) is 7.90. The Labute approximate surface area is 76.4 Å². The Morgan fingerprint density at radius 3 is 2.50 bits per heavy atom. The standard InChI is InChI=1S/C8H9FN2.ClH/c9-6-1-2-7(11-5-6)8(10)3-4-8;/h1-2,5H,3-4,10H2;1H. The van der Waals surface area contributed by atoms with Crippen LogP contribution >= 0.6 is 12.4 Å². The van der Waals surface area contributed by atoms with Gasteiger partial charge in [-0.2, -0.15) is 0 Å². The highest BCUT2D eigenvalue weighted by Gasteiger charge is 2.41. The number of hydrogen-bond acceptors (Lipinski definition) is 2. The topological polar surface area (TPSA) is 38.9 Å². The maximum atomic E-state index is 12.4. The molecule has 0 aliphatic heterocycles. The molecule has 0 spiro atoms.